The number of hydrogen-bond acceptors (Lipinski definition) is 3. The molecule has 1 rings (SSSR count). The molecule has 0 saturated heterocycles. The minimum absolute atomic E-state index is 0.0492. The summed E-state index contributed by atoms with van der Waals surface area (Å²) in [5.74, 6) is -0.276. The Bertz CT molecular complexity index is 360. The molecule has 1 unspecified atom stereocenters. The maximum Gasteiger partial charge on any atom is 0.254 e. The largest absolute Gasteiger partial charge is 0.472 e. The van der Waals surface area contributed by atoms with Crippen molar-refractivity contribution in [3.8, 4) is 0 Å². The lowest BCUT2D eigenvalue weighted by atomic mass is 10.2. The molecule has 0 aromatic carbocycles. The third-order valence-corrected chi connectivity index (χ3v) is 2.44. The summed E-state index contributed by atoms with van der Waals surface area (Å²) in [6.07, 6.45) is 3.99. The molecule has 0 aliphatic heterocycles. The van der Waals surface area contributed by atoms with Crippen LogP contribution in [-0.2, 0) is 4.79 Å². The van der Waals surface area contributed by atoms with Gasteiger partial charge in [-0.1, -0.05) is 6.92 Å². The van der Waals surface area contributed by atoms with E-state index >= 15 is 0 Å². The molecule has 1 heterocycles. The van der Waals surface area contributed by atoms with E-state index in [2.05, 4.69) is 10.6 Å². The van der Waals surface area contributed by atoms with Crippen molar-refractivity contribution in [1.29, 1.82) is 0 Å². The molecule has 1 aromatic heterocycles. The lowest BCUT2D eigenvalue weighted by molar-refractivity contribution is -0.121. The first-order valence-electron chi connectivity index (χ1n) is 5.73. The summed E-state index contributed by atoms with van der Waals surface area (Å²) in [4.78, 5) is 22.9. The second-order valence-electron chi connectivity index (χ2n) is 3.89. The number of nitrogens with one attached hydrogen (secondary N) is 2. The molecular weight excluding hydrogens is 220 g/mol. The fourth-order valence-corrected chi connectivity index (χ4v) is 1.23. The number of furan rings is 1. The fraction of sp³-hybridized carbons (Fsp3) is 0.500. The van der Waals surface area contributed by atoms with E-state index < -0.39 is 0 Å². The monoisotopic (exact) mass is 238 g/mol. The van der Waals surface area contributed by atoms with Crippen molar-refractivity contribution in [1.82, 2.24) is 10.6 Å². The molecule has 1 atom stereocenters. The van der Waals surface area contributed by atoms with Crippen LogP contribution in [0.2, 0.25) is 0 Å². The lowest BCUT2D eigenvalue weighted by Gasteiger charge is -2.11. The molecule has 0 aliphatic rings. The van der Waals surface area contributed by atoms with Gasteiger partial charge < -0.3 is 15.1 Å². The zero-order chi connectivity index (χ0) is 12.7. The van der Waals surface area contributed by atoms with Gasteiger partial charge in [-0.15, -0.1) is 0 Å². The summed E-state index contributed by atoms with van der Waals surface area (Å²) >= 11 is 0. The van der Waals surface area contributed by atoms with E-state index in [0.29, 0.717) is 12.1 Å². The highest BCUT2D eigenvalue weighted by Gasteiger charge is 2.08. The Morgan fingerprint density at radius 1 is 1.47 bits per heavy atom. The lowest BCUT2D eigenvalue weighted by Crippen LogP contribution is -2.35. The average Bonchev–Trinajstić information content (AvgIpc) is 2.82. The topological polar surface area (TPSA) is 71.3 Å². The maximum atomic E-state index is 11.5. The third kappa shape index (κ3) is 4.72. The van der Waals surface area contributed by atoms with Gasteiger partial charge in [-0.25, -0.2) is 0 Å². The van der Waals surface area contributed by atoms with Crippen molar-refractivity contribution in [2.45, 2.75) is 32.7 Å². The zero-order valence-electron chi connectivity index (χ0n) is 10.2. The number of rotatable bonds is 6. The SMILES string of the molecule is CCC(C)NC(=O)CCNC(=O)c1ccoc1. The molecule has 0 saturated carbocycles. The molecule has 17 heavy (non-hydrogen) atoms. The van der Waals surface area contributed by atoms with Crippen LogP contribution in [0.4, 0.5) is 0 Å². The van der Waals surface area contributed by atoms with Crippen molar-refractivity contribution in [2.24, 2.45) is 0 Å². The van der Waals surface area contributed by atoms with Crippen LogP contribution in [0.5, 0.6) is 0 Å². The van der Waals surface area contributed by atoms with E-state index in [1.165, 1.54) is 12.5 Å². The van der Waals surface area contributed by atoms with Gasteiger partial charge >= 0.3 is 0 Å². The second-order valence-corrected chi connectivity index (χ2v) is 3.89. The van der Waals surface area contributed by atoms with Crippen molar-refractivity contribution in [3.05, 3.63) is 24.2 Å². The molecule has 94 valence electrons. The highest BCUT2D eigenvalue weighted by molar-refractivity contribution is 5.94. The highest BCUT2D eigenvalue weighted by Crippen LogP contribution is 1.98. The van der Waals surface area contributed by atoms with Crippen molar-refractivity contribution in [2.75, 3.05) is 6.54 Å². The first-order valence-corrected chi connectivity index (χ1v) is 5.73. The molecule has 0 aliphatic carbocycles. The number of carbonyl (C=O) groups is 2. The van der Waals surface area contributed by atoms with Gasteiger partial charge in [-0.05, 0) is 19.4 Å². The summed E-state index contributed by atoms with van der Waals surface area (Å²) in [5, 5.41) is 5.48. The standard InChI is InChI=1S/C12H18N2O3/c1-3-9(2)14-11(15)4-6-13-12(16)10-5-7-17-8-10/h5,7-9H,3-4,6H2,1-2H3,(H,13,16)(H,14,15). The van der Waals surface area contributed by atoms with Gasteiger partial charge in [0.1, 0.15) is 6.26 Å². The van der Waals surface area contributed by atoms with Crippen molar-refractivity contribution in [3.63, 3.8) is 0 Å². The normalized spacial score (nSPS) is 11.9. The van der Waals surface area contributed by atoms with Crippen LogP contribution in [0.3, 0.4) is 0 Å². The predicted octanol–water partition coefficient (Wildman–Crippen LogP) is 1.31. The minimum atomic E-state index is -0.227. The van der Waals surface area contributed by atoms with E-state index in [9.17, 15) is 9.59 Å². The minimum Gasteiger partial charge on any atom is -0.472 e. The van der Waals surface area contributed by atoms with Crippen LogP contribution in [-0.4, -0.2) is 24.4 Å². The Labute approximate surface area is 101 Å². The number of carbonyl (C=O) groups excluding carboxylic acids is 2. The Morgan fingerprint density at radius 3 is 2.82 bits per heavy atom. The van der Waals surface area contributed by atoms with Crippen LogP contribution >= 0.6 is 0 Å². The van der Waals surface area contributed by atoms with E-state index in [4.69, 9.17) is 4.42 Å². The Morgan fingerprint density at radius 2 is 2.24 bits per heavy atom. The second kappa shape index (κ2) is 6.73. The fourth-order valence-electron chi connectivity index (χ4n) is 1.23. The summed E-state index contributed by atoms with van der Waals surface area (Å²) in [5.41, 5.74) is 0.465. The van der Waals surface area contributed by atoms with Crippen LogP contribution < -0.4 is 10.6 Å². The van der Waals surface area contributed by atoms with Crippen LogP contribution in [0.25, 0.3) is 0 Å². The van der Waals surface area contributed by atoms with Gasteiger partial charge in [0, 0.05) is 19.0 Å². The highest BCUT2D eigenvalue weighted by atomic mass is 16.3. The molecular formula is C12H18N2O3. The molecule has 5 heteroatoms. The van der Waals surface area contributed by atoms with Crippen LogP contribution in [0, 0.1) is 0 Å². The molecule has 0 radical (unpaired) electrons. The molecule has 5 nitrogen and oxygen atoms in total. The predicted molar refractivity (Wildman–Crippen MR) is 63.6 cm³/mol. The maximum absolute atomic E-state index is 11.5. The summed E-state index contributed by atoms with van der Waals surface area (Å²) in [7, 11) is 0. The summed E-state index contributed by atoms with van der Waals surface area (Å²) in [6, 6.07) is 1.75. The van der Waals surface area contributed by atoms with Crippen LogP contribution in [0.15, 0.2) is 23.0 Å². The Hall–Kier alpha value is -1.78. The molecule has 1 aromatic rings. The molecule has 2 N–H and O–H groups in total. The van der Waals surface area contributed by atoms with E-state index in [0.717, 1.165) is 6.42 Å². The van der Waals surface area contributed by atoms with Gasteiger partial charge in [0.25, 0.3) is 5.91 Å². The van der Waals surface area contributed by atoms with E-state index in [1.54, 1.807) is 6.07 Å². The Balaban J connectivity index is 2.20. The first-order chi connectivity index (χ1) is 8.13. The van der Waals surface area contributed by atoms with Gasteiger partial charge in [-0.2, -0.15) is 0 Å². The average molecular weight is 238 g/mol. The van der Waals surface area contributed by atoms with Crippen LogP contribution in [0.1, 0.15) is 37.0 Å². The van der Waals surface area contributed by atoms with Crippen molar-refractivity contribution >= 4 is 11.8 Å². The summed E-state index contributed by atoms with van der Waals surface area (Å²) in [6.45, 7) is 4.28. The van der Waals surface area contributed by atoms with Gasteiger partial charge in [0.2, 0.25) is 5.91 Å². The molecule has 0 fully saturated rings. The number of amides is 2. The Kier molecular flexibility index (Phi) is 5.26. The third-order valence-electron chi connectivity index (χ3n) is 2.44. The van der Waals surface area contributed by atoms with Gasteiger partial charge in [-0.3, -0.25) is 9.59 Å². The van der Waals surface area contributed by atoms with Crippen molar-refractivity contribution < 1.29 is 14.0 Å². The molecule has 0 bridgehead atoms. The number of hydrogen-bond donors (Lipinski definition) is 2. The van der Waals surface area contributed by atoms with E-state index in [1.807, 2.05) is 13.8 Å². The van der Waals surface area contributed by atoms with E-state index in [-0.39, 0.29) is 24.3 Å². The first kappa shape index (κ1) is 13.3. The molecule has 2 amide bonds. The molecule has 0 spiro atoms. The quantitative estimate of drug-likeness (QED) is 0.785. The summed E-state index contributed by atoms with van der Waals surface area (Å²) < 4.78 is 4.79. The van der Waals surface area contributed by atoms with Gasteiger partial charge in [0.15, 0.2) is 0 Å². The smallest absolute Gasteiger partial charge is 0.254 e. The zero-order valence-corrected chi connectivity index (χ0v) is 10.2. The van der Waals surface area contributed by atoms with Gasteiger partial charge in [0.05, 0.1) is 11.8 Å².